The zero-order valence-corrected chi connectivity index (χ0v) is 21.4. The van der Waals surface area contributed by atoms with Crippen molar-refractivity contribution < 1.29 is 23.5 Å². The highest BCUT2D eigenvalue weighted by atomic mass is 32.1. The van der Waals surface area contributed by atoms with Gasteiger partial charge in [0.05, 0.1) is 12.1 Å². The Balaban J connectivity index is 1.51. The van der Waals surface area contributed by atoms with Crippen molar-refractivity contribution in [2.45, 2.75) is 57.7 Å². The zero-order chi connectivity index (χ0) is 25.0. The number of thiophene rings is 1. The number of carbonyl (C=O) groups excluding carboxylic acids is 2. The Bertz CT molecular complexity index is 1030. The van der Waals surface area contributed by atoms with Crippen LogP contribution in [0.15, 0.2) is 35.7 Å². The van der Waals surface area contributed by atoms with Crippen LogP contribution < -0.4 is 10.1 Å². The van der Waals surface area contributed by atoms with Gasteiger partial charge < -0.3 is 24.6 Å². The first-order valence-electron chi connectivity index (χ1n) is 12.1. The molecule has 2 atom stereocenters. The highest BCUT2D eigenvalue weighted by molar-refractivity contribution is 7.10. The molecule has 0 aliphatic carbocycles. The fourth-order valence-electron chi connectivity index (χ4n) is 4.51. The van der Waals surface area contributed by atoms with E-state index in [1.54, 1.807) is 39.3 Å². The summed E-state index contributed by atoms with van der Waals surface area (Å²) in [6, 6.07) is 7.63. The van der Waals surface area contributed by atoms with Crippen molar-refractivity contribution in [2.75, 3.05) is 32.8 Å². The van der Waals surface area contributed by atoms with Gasteiger partial charge in [0, 0.05) is 30.1 Å². The van der Waals surface area contributed by atoms with Gasteiger partial charge in [-0.3, -0.25) is 4.79 Å². The van der Waals surface area contributed by atoms with Gasteiger partial charge in [0.25, 0.3) is 0 Å². The lowest BCUT2D eigenvalue weighted by atomic mass is 10.0. The molecule has 1 saturated heterocycles. The highest BCUT2D eigenvalue weighted by Crippen LogP contribution is 2.34. The highest BCUT2D eigenvalue weighted by Gasteiger charge is 2.35. The van der Waals surface area contributed by atoms with E-state index >= 15 is 0 Å². The first-order valence-corrected chi connectivity index (χ1v) is 13.0. The molecule has 1 aromatic heterocycles. The quantitative estimate of drug-likeness (QED) is 0.609. The molecule has 4 rings (SSSR count). The number of hydrogen-bond acceptors (Lipinski definition) is 5. The van der Waals surface area contributed by atoms with E-state index in [2.05, 4.69) is 5.32 Å². The monoisotopic (exact) mass is 503 g/mol. The molecule has 0 radical (unpaired) electrons. The van der Waals surface area contributed by atoms with Crippen LogP contribution in [0.3, 0.4) is 0 Å². The third-order valence-electron chi connectivity index (χ3n) is 6.19. The molecular weight excluding hydrogens is 469 g/mol. The average Bonchev–Trinajstić information content (AvgIpc) is 3.48. The Morgan fingerprint density at radius 1 is 1.29 bits per heavy atom. The van der Waals surface area contributed by atoms with E-state index in [0.717, 1.165) is 24.8 Å². The third-order valence-corrected chi connectivity index (χ3v) is 7.19. The Morgan fingerprint density at radius 3 is 2.80 bits per heavy atom. The van der Waals surface area contributed by atoms with Crippen LogP contribution in [0.5, 0.6) is 5.75 Å². The van der Waals surface area contributed by atoms with Gasteiger partial charge in [0.15, 0.2) is 11.6 Å². The summed E-state index contributed by atoms with van der Waals surface area (Å²) < 4.78 is 25.7. The Kier molecular flexibility index (Phi) is 7.96. The van der Waals surface area contributed by atoms with Crippen LogP contribution in [0.2, 0.25) is 0 Å². The van der Waals surface area contributed by atoms with Crippen molar-refractivity contribution in [2.24, 2.45) is 0 Å². The minimum Gasteiger partial charge on any atom is -0.488 e. The largest absolute Gasteiger partial charge is 0.488 e. The van der Waals surface area contributed by atoms with E-state index in [4.69, 9.17) is 9.47 Å². The minimum atomic E-state index is -0.437. The van der Waals surface area contributed by atoms with Crippen LogP contribution in [0.1, 0.15) is 50.1 Å². The summed E-state index contributed by atoms with van der Waals surface area (Å²) in [4.78, 5) is 31.2. The predicted molar refractivity (Wildman–Crippen MR) is 133 cm³/mol. The van der Waals surface area contributed by atoms with Gasteiger partial charge >= 0.3 is 6.03 Å². The molecule has 3 heterocycles. The van der Waals surface area contributed by atoms with Crippen LogP contribution >= 0.6 is 11.3 Å². The maximum absolute atomic E-state index is 14.2. The summed E-state index contributed by atoms with van der Waals surface area (Å²) in [5, 5.41) is 4.98. The predicted octanol–water partition coefficient (Wildman–Crippen LogP) is 4.38. The standard InChI is InChI=1S/C26H34FN3O4S/c1-26(2,3)28-25(32)29(15-18-7-6-13-33-18)16-24(31)30-12-10-23-19(11-14-35-23)21(30)17-34-22-9-5-4-8-20(22)27/h4-5,8-9,11,14,18,21H,6-7,10,12-13,15-17H2,1-3H3,(H,28,32). The number of rotatable bonds is 7. The number of nitrogens with zero attached hydrogens (tertiary/aromatic N) is 2. The number of carbonyl (C=O) groups is 2. The van der Waals surface area contributed by atoms with Gasteiger partial charge in [-0.2, -0.15) is 0 Å². The topological polar surface area (TPSA) is 71.1 Å². The molecule has 190 valence electrons. The second kappa shape index (κ2) is 11.0. The Morgan fingerprint density at radius 2 is 2.09 bits per heavy atom. The number of fused-ring (bicyclic) bond motifs is 1. The first-order chi connectivity index (χ1) is 16.7. The van der Waals surface area contributed by atoms with Crippen molar-refractivity contribution in [1.82, 2.24) is 15.1 Å². The summed E-state index contributed by atoms with van der Waals surface area (Å²) in [5.74, 6) is -0.439. The molecular formula is C26H34FN3O4S. The summed E-state index contributed by atoms with van der Waals surface area (Å²) in [6.07, 6.45) is 2.50. The molecule has 9 heteroatoms. The van der Waals surface area contributed by atoms with Gasteiger partial charge in [-0.15, -0.1) is 11.3 Å². The number of ether oxygens (including phenoxy) is 2. The minimum absolute atomic E-state index is 0.0581. The maximum atomic E-state index is 14.2. The molecule has 0 spiro atoms. The summed E-state index contributed by atoms with van der Waals surface area (Å²) in [7, 11) is 0. The molecule has 2 aliphatic heterocycles. The Labute approximate surface area is 210 Å². The number of benzene rings is 1. The van der Waals surface area contributed by atoms with E-state index in [-0.39, 0.29) is 43.0 Å². The maximum Gasteiger partial charge on any atom is 0.318 e. The average molecular weight is 504 g/mol. The van der Waals surface area contributed by atoms with E-state index in [9.17, 15) is 14.0 Å². The lowest BCUT2D eigenvalue weighted by molar-refractivity contribution is -0.135. The van der Waals surface area contributed by atoms with Crippen LogP contribution in [0, 0.1) is 5.82 Å². The van der Waals surface area contributed by atoms with E-state index in [1.165, 1.54) is 10.9 Å². The lowest BCUT2D eigenvalue weighted by Gasteiger charge is -2.37. The third kappa shape index (κ3) is 6.52. The Hall–Kier alpha value is -2.65. The van der Waals surface area contributed by atoms with Crippen LogP contribution in [0.4, 0.5) is 9.18 Å². The summed E-state index contributed by atoms with van der Waals surface area (Å²) >= 11 is 1.66. The number of amides is 3. The van der Waals surface area contributed by atoms with Gasteiger partial charge in [-0.05, 0) is 69.2 Å². The molecule has 35 heavy (non-hydrogen) atoms. The molecule has 2 aromatic rings. The molecule has 3 amide bonds. The van der Waals surface area contributed by atoms with Gasteiger partial charge in [-0.25, -0.2) is 9.18 Å². The molecule has 1 aromatic carbocycles. The molecule has 2 aliphatic rings. The molecule has 0 saturated carbocycles. The van der Waals surface area contributed by atoms with E-state index in [0.29, 0.717) is 19.7 Å². The number of halogens is 1. The normalized spacial score (nSPS) is 19.8. The van der Waals surface area contributed by atoms with E-state index < -0.39 is 11.4 Å². The second-order valence-electron chi connectivity index (χ2n) is 10.1. The van der Waals surface area contributed by atoms with Crippen molar-refractivity contribution >= 4 is 23.3 Å². The molecule has 7 nitrogen and oxygen atoms in total. The molecule has 1 fully saturated rings. The molecule has 2 unspecified atom stereocenters. The SMILES string of the molecule is CC(C)(C)NC(=O)N(CC(=O)N1CCc2sccc2C1COc1ccccc1F)CC1CCCO1. The van der Waals surface area contributed by atoms with Crippen molar-refractivity contribution in [3.8, 4) is 5.75 Å². The fraction of sp³-hybridized carbons (Fsp3) is 0.538. The van der Waals surface area contributed by atoms with Gasteiger partial charge in [0.2, 0.25) is 5.91 Å². The number of urea groups is 1. The second-order valence-corrected chi connectivity index (χ2v) is 11.1. The van der Waals surface area contributed by atoms with Gasteiger partial charge in [-0.1, -0.05) is 12.1 Å². The molecule has 0 bridgehead atoms. The lowest BCUT2D eigenvalue weighted by Crippen LogP contribution is -2.54. The smallest absolute Gasteiger partial charge is 0.318 e. The number of hydrogen-bond donors (Lipinski definition) is 1. The van der Waals surface area contributed by atoms with Crippen LogP contribution in [0.25, 0.3) is 0 Å². The van der Waals surface area contributed by atoms with E-state index in [1.807, 2.05) is 32.2 Å². The summed E-state index contributed by atoms with van der Waals surface area (Å²) in [5.41, 5.74) is 0.595. The number of para-hydroxylation sites is 1. The molecule has 1 N–H and O–H groups in total. The number of nitrogens with one attached hydrogen (secondary N) is 1. The fourth-order valence-corrected chi connectivity index (χ4v) is 5.44. The van der Waals surface area contributed by atoms with Crippen LogP contribution in [-0.2, 0) is 16.0 Å². The van der Waals surface area contributed by atoms with Crippen LogP contribution in [-0.4, -0.2) is 66.2 Å². The summed E-state index contributed by atoms with van der Waals surface area (Å²) in [6.45, 7) is 7.37. The van der Waals surface area contributed by atoms with Crippen molar-refractivity contribution in [3.63, 3.8) is 0 Å². The van der Waals surface area contributed by atoms with Crippen molar-refractivity contribution in [1.29, 1.82) is 0 Å². The first kappa shape index (κ1) is 25.4. The van der Waals surface area contributed by atoms with Gasteiger partial charge in [0.1, 0.15) is 13.2 Å². The zero-order valence-electron chi connectivity index (χ0n) is 20.6. The van der Waals surface area contributed by atoms with Crippen molar-refractivity contribution in [3.05, 3.63) is 52.0 Å².